The molecule has 0 radical (unpaired) electrons. The van der Waals surface area contributed by atoms with E-state index in [1.165, 1.54) is 11.3 Å². The van der Waals surface area contributed by atoms with Crippen molar-refractivity contribution >= 4 is 28.3 Å². The van der Waals surface area contributed by atoms with E-state index in [1.807, 2.05) is 30.3 Å². The Morgan fingerprint density at radius 2 is 1.91 bits per heavy atom. The second-order valence-electron chi connectivity index (χ2n) is 6.27. The fourth-order valence-corrected chi connectivity index (χ4v) is 3.69. The number of hydrogen-bond donors (Lipinski definition) is 2. The predicted octanol–water partition coefficient (Wildman–Crippen LogP) is 2.42. The zero-order valence-corrected chi connectivity index (χ0v) is 13.6. The van der Waals surface area contributed by atoms with Gasteiger partial charge < -0.3 is 10.4 Å². The highest BCUT2D eigenvalue weighted by atomic mass is 32.1. The van der Waals surface area contributed by atoms with E-state index in [1.54, 1.807) is 13.8 Å². The van der Waals surface area contributed by atoms with Crippen molar-refractivity contribution < 1.29 is 14.7 Å². The SMILES string of the molecule is CC1(C)[C@H](C(=O)O)[C@@H]1C(=O)Nc1nnc(Cc2ccccc2)s1. The van der Waals surface area contributed by atoms with Crippen LogP contribution in [0.2, 0.25) is 0 Å². The molecule has 1 saturated carbocycles. The number of anilines is 1. The normalized spacial score (nSPS) is 21.7. The molecule has 0 saturated heterocycles. The molecule has 0 bridgehead atoms. The molecule has 23 heavy (non-hydrogen) atoms. The van der Waals surface area contributed by atoms with E-state index in [-0.39, 0.29) is 5.91 Å². The Bertz CT molecular complexity index is 742. The highest BCUT2D eigenvalue weighted by molar-refractivity contribution is 7.15. The molecule has 2 atom stereocenters. The Morgan fingerprint density at radius 1 is 1.22 bits per heavy atom. The lowest BCUT2D eigenvalue weighted by atomic mass is 10.1. The van der Waals surface area contributed by atoms with Crippen LogP contribution >= 0.6 is 11.3 Å². The number of carboxylic acid groups (broad SMARTS) is 1. The summed E-state index contributed by atoms with van der Waals surface area (Å²) in [5.74, 6) is -2.40. The molecule has 2 aromatic rings. The van der Waals surface area contributed by atoms with Gasteiger partial charge in [0.05, 0.1) is 11.8 Å². The number of amides is 1. The van der Waals surface area contributed by atoms with E-state index in [4.69, 9.17) is 5.11 Å². The van der Waals surface area contributed by atoms with Gasteiger partial charge in [0, 0.05) is 6.42 Å². The van der Waals surface area contributed by atoms with E-state index < -0.39 is 23.2 Å². The van der Waals surface area contributed by atoms with Crippen LogP contribution in [0.5, 0.6) is 0 Å². The van der Waals surface area contributed by atoms with Crippen LogP contribution in [0.25, 0.3) is 0 Å². The Morgan fingerprint density at radius 3 is 2.52 bits per heavy atom. The second-order valence-corrected chi connectivity index (χ2v) is 7.33. The summed E-state index contributed by atoms with van der Waals surface area (Å²) in [4.78, 5) is 23.4. The average molecular weight is 331 g/mol. The topological polar surface area (TPSA) is 92.2 Å². The summed E-state index contributed by atoms with van der Waals surface area (Å²) >= 11 is 1.31. The summed E-state index contributed by atoms with van der Waals surface area (Å²) < 4.78 is 0. The van der Waals surface area contributed by atoms with Crippen molar-refractivity contribution in [1.29, 1.82) is 0 Å². The molecule has 1 aliphatic carbocycles. The van der Waals surface area contributed by atoms with Gasteiger partial charge in [-0.25, -0.2) is 0 Å². The monoisotopic (exact) mass is 331 g/mol. The van der Waals surface area contributed by atoms with Crippen molar-refractivity contribution in [3.8, 4) is 0 Å². The number of nitrogens with one attached hydrogen (secondary N) is 1. The van der Waals surface area contributed by atoms with Crippen LogP contribution in [0.3, 0.4) is 0 Å². The van der Waals surface area contributed by atoms with Crippen LogP contribution in [0, 0.1) is 17.3 Å². The minimum atomic E-state index is -0.933. The molecule has 0 unspecified atom stereocenters. The molecule has 1 heterocycles. The predicted molar refractivity (Wildman–Crippen MR) is 86.2 cm³/mol. The summed E-state index contributed by atoms with van der Waals surface area (Å²) in [6, 6.07) is 9.87. The first kappa shape index (κ1) is 15.6. The van der Waals surface area contributed by atoms with Crippen molar-refractivity contribution in [1.82, 2.24) is 10.2 Å². The fraction of sp³-hybridized carbons (Fsp3) is 0.375. The van der Waals surface area contributed by atoms with Crippen LogP contribution in [0.1, 0.15) is 24.4 Å². The molecular weight excluding hydrogens is 314 g/mol. The largest absolute Gasteiger partial charge is 0.481 e. The number of aromatic nitrogens is 2. The van der Waals surface area contributed by atoms with Crippen LogP contribution in [-0.4, -0.2) is 27.2 Å². The number of carbonyl (C=O) groups is 2. The first-order valence-electron chi connectivity index (χ1n) is 7.29. The summed E-state index contributed by atoms with van der Waals surface area (Å²) in [6.45, 7) is 3.58. The third kappa shape index (κ3) is 3.10. The van der Waals surface area contributed by atoms with Crippen molar-refractivity contribution in [3.05, 3.63) is 40.9 Å². The number of aliphatic carboxylic acids is 1. The average Bonchev–Trinajstić information content (AvgIpc) is 2.84. The molecular formula is C16H17N3O3S. The molecule has 2 N–H and O–H groups in total. The maximum Gasteiger partial charge on any atom is 0.307 e. The molecule has 120 valence electrons. The highest BCUT2D eigenvalue weighted by Crippen LogP contribution is 2.58. The second kappa shape index (κ2) is 5.73. The Kier molecular flexibility index (Phi) is 3.89. The number of nitrogens with zero attached hydrogens (tertiary/aromatic N) is 2. The minimum Gasteiger partial charge on any atom is -0.481 e. The number of carboxylic acids is 1. The summed E-state index contributed by atoms with van der Waals surface area (Å²) in [5.41, 5.74) is 0.601. The zero-order valence-electron chi connectivity index (χ0n) is 12.8. The van der Waals surface area contributed by atoms with Gasteiger partial charge in [0.2, 0.25) is 11.0 Å². The molecule has 1 aliphatic rings. The van der Waals surface area contributed by atoms with Gasteiger partial charge in [0.15, 0.2) is 0 Å². The Labute approximate surface area is 137 Å². The molecule has 1 aromatic heterocycles. The van der Waals surface area contributed by atoms with Crippen molar-refractivity contribution in [2.75, 3.05) is 5.32 Å². The smallest absolute Gasteiger partial charge is 0.307 e. The van der Waals surface area contributed by atoms with Crippen LogP contribution < -0.4 is 5.32 Å². The maximum absolute atomic E-state index is 12.2. The fourth-order valence-electron chi connectivity index (χ4n) is 2.92. The van der Waals surface area contributed by atoms with Crippen LogP contribution in [0.15, 0.2) is 30.3 Å². The van der Waals surface area contributed by atoms with Crippen molar-refractivity contribution in [3.63, 3.8) is 0 Å². The zero-order chi connectivity index (χ0) is 16.6. The van der Waals surface area contributed by atoms with Gasteiger partial charge in [-0.15, -0.1) is 10.2 Å². The van der Waals surface area contributed by atoms with Crippen LogP contribution in [0.4, 0.5) is 5.13 Å². The quantitative estimate of drug-likeness (QED) is 0.878. The summed E-state index contributed by atoms with van der Waals surface area (Å²) in [7, 11) is 0. The highest BCUT2D eigenvalue weighted by Gasteiger charge is 2.66. The molecule has 1 fully saturated rings. The van der Waals surface area contributed by atoms with Gasteiger partial charge in [-0.1, -0.05) is 55.5 Å². The van der Waals surface area contributed by atoms with Crippen LogP contribution in [-0.2, 0) is 16.0 Å². The maximum atomic E-state index is 12.2. The van der Waals surface area contributed by atoms with Gasteiger partial charge >= 0.3 is 5.97 Å². The first-order chi connectivity index (χ1) is 10.9. The first-order valence-corrected chi connectivity index (χ1v) is 8.11. The molecule has 1 amide bonds. The van der Waals surface area contributed by atoms with Gasteiger partial charge in [-0.2, -0.15) is 0 Å². The molecule has 0 aliphatic heterocycles. The van der Waals surface area contributed by atoms with E-state index in [0.29, 0.717) is 11.6 Å². The van der Waals surface area contributed by atoms with E-state index in [0.717, 1.165) is 10.6 Å². The molecule has 0 spiro atoms. The van der Waals surface area contributed by atoms with Gasteiger partial charge in [-0.05, 0) is 11.0 Å². The Balaban J connectivity index is 1.64. The standard InChI is InChI=1S/C16H17N3O3S/c1-16(2)11(12(16)14(21)22)13(20)17-15-19-18-10(23-15)8-9-6-4-3-5-7-9/h3-7,11-12H,8H2,1-2H3,(H,21,22)(H,17,19,20)/t11-,12+/m1/s1. The summed E-state index contributed by atoms with van der Waals surface area (Å²) in [6.07, 6.45) is 0.654. The number of rotatable bonds is 5. The lowest BCUT2D eigenvalue weighted by molar-refractivity contribution is -0.140. The lowest BCUT2D eigenvalue weighted by Crippen LogP contribution is -2.17. The summed E-state index contributed by atoms with van der Waals surface area (Å²) in [5, 5.41) is 21.1. The third-order valence-electron chi connectivity index (χ3n) is 4.27. The van der Waals surface area contributed by atoms with E-state index in [9.17, 15) is 9.59 Å². The Hall–Kier alpha value is -2.28. The minimum absolute atomic E-state index is 0.301. The molecule has 7 heteroatoms. The van der Waals surface area contributed by atoms with Gasteiger partial charge in [-0.3, -0.25) is 9.59 Å². The number of hydrogen-bond acceptors (Lipinski definition) is 5. The molecule has 6 nitrogen and oxygen atoms in total. The van der Waals surface area contributed by atoms with E-state index in [2.05, 4.69) is 15.5 Å². The van der Waals surface area contributed by atoms with Crippen molar-refractivity contribution in [2.45, 2.75) is 20.3 Å². The molecule has 3 rings (SSSR count). The van der Waals surface area contributed by atoms with Crippen molar-refractivity contribution in [2.24, 2.45) is 17.3 Å². The van der Waals surface area contributed by atoms with Gasteiger partial charge in [0.25, 0.3) is 0 Å². The number of carbonyl (C=O) groups excluding carboxylic acids is 1. The number of benzene rings is 1. The third-order valence-corrected chi connectivity index (χ3v) is 5.11. The lowest BCUT2D eigenvalue weighted by Gasteiger charge is -2.01. The van der Waals surface area contributed by atoms with Gasteiger partial charge in [0.1, 0.15) is 5.01 Å². The molecule has 1 aromatic carbocycles. The van der Waals surface area contributed by atoms with E-state index >= 15 is 0 Å².